The maximum Gasteiger partial charge on any atom is 0.227 e. The first kappa shape index (κ1) is 14.2. The van der Waals surface area contributed by atoms with E-state index in [9.17, 15) is 0 Å². The number of rotatable bonds is 6. The van der Waals surface area contributed by atoms with Crippen LogP contribution in [-0.2, 0) is 13.0 Å². The highest BCUT2D eigenvalue weighted by Gasteiger charge is 2.12. The van der Waals surface area contributed by atoms with E-state index in [0.29, 0.717) is 17.4 Å². The Morgan fingerprint density at radius 2 is 2.20 bits per heavy atom. The lowest BCUT2D eigenvalue weighted by Gasteiger charge is -2.12. The van der Waals surface area contributed by atoms with Crippen molar-refractivity contribution >= 4 is 5.82 Å². The largest absolute Gasteiger partial charge is 0.439 e. The molecule has 0 saturated heterocycles. The molecule has 0 unspecified atom stereocenters. The highest BCUT2D eigenvalue weighted by molar-refractivity contribution is 5.49. The fourth-order valence-electron chi connectivity index (χ4n) is 1.90. The quantitative estimate of drug-likeness (QED) is 0.551. The van der Waals surface area contributed by atoms with E-state index in [1.165, 1.54) is 6.33 Å². The predicted molar refractivity (Wildman–Crippen MR) is 76.3 cm³/mol. The topological polar surface area (TPSA) is 93.3 Å². The number of hydrogen-bond donors (Lipinski definition) is 3. The van der Waals surface area contributed by atoms with Crippen molar-refractivity contribution < 1.29 is 9.84 Å². The molecule has 106 valence electrons. The van der Waals surface area contributed by atoms with Gasteiger partial charge < -0.3 is 15.3 Å². The molecule has 4 N–H and O–H groups in total. The van der Waals surface area contributed by atoms with Gasteiger partial charge in [0.15, 0.2) is 0 Å². The minimum Gasteiger partial charge on any atom is -0.439 e. The molecule has 6 nitrogen and oxygen atoms in total. The van der Waals surface area contributed by atoms with Gasteiger partial charge in [0.25, 0.3) is 0 Å². The normalized spacial score (nSPS) is 10.3. The summed E-state index contributed by atoms with van der Waals surface area (Å²) < 4.78 is 5.79. The number of nitrogens with zero attached hydrogens (tertiary/aromatic N) is 2. The number of ether oxygens (including phenoxy) is 1. The van der Waals surface area contributed by atoms with Crippen LogP contribution in [0.25, 0.3) is 0 Å². The van der Waals surface area contributed by atoms with E-state index in [0.717, 1.165) is 24.0 Å². The van der Waals surface area contributed by atoms with Crippen molar-refractivity contribution in [3.05, 3.63) is 41.7 Å². The molecule has 0 fully saturated rings. The fourth-order valence-corrected chi connectivity index (χ4v) is 1.90. The summed E-state index contributed by atoms with van der Waals surface area (Å²) in [4.78, 5) is 8.25. The molecule has 2 aromatic rings. The second-order valence-corrected chi connectivity index (χ2v) is 4.31. The number of aliphatic hydroxyl groups excluding tert-OH is 1. The van der Waals surface area contributed by atoms with Gasteiger partial charge >= 0.3 is 0 Å². The van der Waals surface area contributed by atoms with Gasteiger partial charge in [-0.05, 0) is 24.1 Å². The third-order valence-corrected chi connectivity index (χ3v) is 2.84. The molecule has 0 aliphatic carbocycles. The van der Waals surface area contributed by atoms with Crippen LogP contribution in [0, 0.1) is 0 Å². The molecule has 0 bridgehead atoms. The monoisotopic (exact) mass is 274 g/mol. The van der Waals surface area contributed by atoms with Crippen molar-refractivity contribution in [2.75, 3.05) is 5.43 Å². The first-order chi connectivity index (χ1) is 9.78. The number of hydrogen-bond acceptors (Lipinski definition) is 6. The molecule has 0 amide bonds. The Balaban J connectivity index is 2.32. The molecule has 20 heavy (non-hydrogen) atoms. The Bertz CT molecular complexity index is 575. The smallest absolute Gasteiger partial charge is 0.227 e. The van der Waals surface area contributed by atoms with E-state index in [-0.39, 0.29) is 6.61 Å². The van der Waals surface area contributed by atoms with Crippen molar-refractivity contribution in [2.45, 2.75) is 26.4 Å². The van der Waals surface area contributed by atoms with Crippen molar-refractivity contribution in [2.24, 2.45) is 5.84 Å². The number of aromatic nitrogens is 2. The highest BCUT2D eigenvalue weighted by atomic mass is 16.5. The summed E-state index contributed by atoms with van der Waals surface area (Å²) in [6, 6.07) is 7.23. The van der Waals surface area contributed by atoms with Gasteiger partial charge in [-0.3, -0.25) is 0 Å². The summed E-state index contributed by atoms with van der Waals surface area (Å²) in [5.41, 5.74) is 4.18. The summed E-state index contributed by atoms with van der Waals surface area (Å²) in [5, 5.41) is 9.14. The van der Waals surface area contributed by atoms with Crippen molar-refractivity contribution in [3.8, 4) is 11.6 Å². The van der Waals surface area contributed by atoms with Crippen LogP contribution < -0.4 is 16.0 Å². The minimum absolute atomic E-state index is 0.0294. The second kappa shape index (κ2) is 6.83. The summed E-state index contributed by atoms with van der Waals surface area (Å²) in [6.45, 7) is 2.03. The second-order valence-electron chi connectivity index (χ2n) is 4.31. The van der Waals surface area contributed by atoms with Crippen LogP contribution in [0.1, 0.15) is 24.5 Å². The Morgan fingerprint density at radius 3 is 2.90 bits per heavy atom. The molecule has 0 aliphatic heterocycles. The van der Waals surface area contributed by atoms with Crippen LogP contribution in [0.15, 0.2) is 30.6 Å². The van der Waals surface area contributed by atoms with Gasteiger partial charge in [-0.1, -0.05) is 25.5 Å². The zero-order valence-corrected chi connectivity index (χ0v) is 11.3. The van der Waals surface area contributed by atoms with Gasteiger partial charge in [0.05, 0.1) is 12.2 Å². The number of nitrogens with one attached hydrogen (secondary N) is 1. The highest BCUT2D eigenvalue weighted by Crippen LogP contribution is 2.28. The maximum atomic E-state index is 9.14. The number of nitrogen functional groups attached to an aromatic ring is 1. The Labute approximate surface area is 117 Å². The number of nitrogens with two attached hydrogens (primary N) is 1. The Hall–Kier alpha value is -2.18. The summed E-state index contributed by atoms with van der Waals surface area (Å²) in [6.07, 6.45) is 3.09. The van der Waals surface area contributed by atoms with Gasteiger partial charge in [0.2, 0.25) is 5.88 Å². The molecule has 0 radical (unpaired) electrons. The van der Waals surface area contributed by atoms with Crippen LogP contribution in [0.3, 0.4) is 0 Å². The number of anilines is 1. The Morgan fingerprint density at radius 1 is 1.35 bits per heavy atom. The van der Waals surface area contributed by atoms with E-state index in [1.54, 1.807) is 6.07 Å². The van der Waals surface area contributed by atoms with E-state index in [2.05, 4.69) is 22.3 Å². The van der Waals surface area contributed by atoms with Crippen LogP contribution in [-0.4, -0.2) is 15.1 Å². The first-order valence-electron chi connectivity index (χ1n) is 6.46. The zero-order valence-electron chi connectivity index (χ0n) is 11.3. The van der Waals surface area contributed by atoms with Gasteiger partial charge in [-0.15, -0.1) is 0 Å². The van der Waals surface area contributed by atoms with E-state index >= 15 is 0 Å². The van der Waals surface area contributed by atoms with Crippen LogP contribution >= 0.6 is 0 Å². The maximum absolute atomic E-state index is 9.14. The molecule has 2 rings (SSSR count). The van der Waals surface area contributed by atoms with E-state index in [1.807, 2.05) is 18.2 Å². The Kier molecular flexibility index (Phi) is 4.86. The molecule has 0 spiro atoms. The van der Waals surface area contributed by atoms with E-state index < -0.39 is 0 Å². The number of aliphatic hydroxyl groups is 1. The lowest BCUT2D eigenvalue weighted by Crippen LogP contribution is -2.12. The van der Waals surface area contributed by atoms with Gasteiger partial charge in [0.1, 0.15) is 17.9 Å². The van der Waals surface area contributed by atoms with Gasteiger partial charge in [0, 0.05) is 0 Å². The molecular formula is C14H18N4O2. The summed E-state index contributed by atoms with van der Waals surface area (Å²) in [7, 11) is 0. The predicted octanol–water partition coefficient (Wildman–Crippen LogP) is 2.00. The third kappa shape index (κ3) is 3.23. The molecule has 1 aromatic carbocycles. The number of benzene rings is 1. The third-order valence-electron chi connectivity index (χ3n) is 2.84. The summed E-state index contributed by atoms with van der Waals surface area (Å²) in [5.74, 6) is 7.12. The summed E-state index contributed by atoms with van der Waals surface area (Å²) >= 11 is 0. The average molecular weight is 274 g/mol. The molecule has 0 atom stereocenters. The first-order valence-corrected chi connectivity index (χ1v) is 6.46. The standard InChI is InChI=1S/C14H18N4O2/c1-2-4-12-13(18-15)16-9-17-14(12)20-11-6-3-5-10(7-11)8-19/h3,5-7,9,19H,2,4,8,15H2,1H3,(H,16,17,18). The van der Waals surface area contributed by atoms with Gasteiger partial charge in [-0.2, -0.15) is 0 Å². The molecule has 1 heterocycles. The average Bonchev–Trinajstić information content (AvgIpc) is 2.49. The molecular weight excluding hydrogens is 256 g/mol. The fraction of sp³-hybridized carbons (Fsp3) is 0.286. The minimum atomic E-state index is -0.0294. The molecule has 0 aliphatic rings. The van der Waals surface area contributed by atoms with Gasteiger partial charge in [-0.25, -0.2) is 15.8 Å². The SMILES string of the molecule is CCCc1c(NN)ncnc1Oc1cccc(CO)c1. The van der Waals surface area contributed by atoms with Crippen molar-refractivity contribution in [1.29, 1.82) is 0 Å². The van der Waals surface area contributed by atoms with Crippen LogP contribution in [0.4, 0.5) is 5.82 Å². The molecule has 1 aromatic heterocycles. The molecule has 6 heteroatoms. The van der Waals surface area contributed by atoms with Crippen molar-refractivity contribution in [1.82, 2.24) is 9.97 Å². The van der Waals surface area contributed by atoms with Crippen molar-refractivity contribution in [3.63, 3.8) is 0 Å². The number of hydrazine groups is 1. The van der Waals surface area contributed by atoms with E-state index in [4.69, 9.17) is 15.7 Å². The zero-order chi connectivity index (χ0) is 14.4. The molecule has 0 saturated carbocycles. The lowest BCUT2D eigenvalue weighted by atomic mass is 10.1. The van der Waals surface area contributed by atoms with Crippen LogP contribution in [0.2, 0.25) is 0 Å². The lowest BCUT2D eigenvalue weighted by molar-refractivity contribution is 0.281. The van der Waals surface area contributed by atoms with Crippen LogP contribution in [0.5, 0.6) is 11.6 Å².